The standard InChI is InChI=1S/C8H12O2/c9-8-4-1-5-3-10-6(2-4)7(5)8/h4-9H,1-3H2/t4-,5+,6+,7+,8+/m1/s1. The van der Waals surface area contributed by atoms with Crippen molar-refractivity contribution in [1.82, 2.24) is 0 Å². The fourth-order valence-electron chi connectivity index (χ4n) is 3.10. The second-order valence-corrected chi connectivity index (χ2v) is 3.93. The van der Waals surface area contributed by atoms with E-state index in [-0.39, 0.29) is 6.10 Å². The summed E-state index contributed by atoms with van der Waals surface area (Å²) in [5.41, 5.74) is 0. The number of fused-ring (bicyclic) bond motifs is 1. The van der Waals surface area contributed by atoms with Gasteiger partial charge in [0.2, 0.25) is 0 Å². The predicted molar refractivity (Wildman–Crippen MR) is 35.5 cm³/mol. The van der Waals surface area contributed by atoms with Gasteiger partial charge in [-0.25, -0.2) is 0 Å². The molecular weight excluding hydrogens is 128 g/mol. The summed E-state index contributed by atoms with van der Waals surface area (Å²) in [6.45, 7) is 0.920. The van der Waals surface area contributed by atoms with E-state index in [0.29, 0.717) is 23.9 Å². The van der Waals surface area contributed by atoms with Crippen LogP contribution in [0.3, 0.4) is 0 Å². The van der Waals surface area contributed by atoms with Crippen molar-refractivity contribution < 1.29 is 9.84 Å². The molecule has 10 heavy (non-hydrogen) atoms. The molecule has 0 aromatic carbocycles. The molecule has 1 saturated heterocycles. The number of aliphatic hydroxyl groups is 1. The van der Waals surface area contributed by atoms with E-state index in [1.807, 2.05) is 0 Å². The van der Waals surface area contributed by atoms with Gasteiger partial charge in [0.05, 0.1) is 18.8 Å². The molecule has 56 valence electrons. The maximum Gasteiger partial charge on any atom is 0.0635 e. The Balaban J connectivity index is 2.01. The van der Waals surface area contributed by atoms with Gasteiger partial charge in [-0.05, 0) is 24.7 Å². The Morgan fingerprint density at radius 2 is 2.10 bits per heavy atom. The molecule has 0 amide bonds. The normalized spacial score (nSPS) is 63.9. The molecule has 5 atom stereocenters. The van der Waals surface area contributed by atoms with E-state index in [1.165, 1.54) is 6.42 Å². The second-order valence-electron chi connectivity index (χ2n) is 3.93. The van der Waals surface area contributed by atoms with Crippen LogP contribution in [0.5, 0.6) is 0 Å². The van der Waals surface area contributed by atoms with Gasteiger partial charge in [-0.2, -0.15) is 0 Å². The van der Waals surface area contributed by atoms with Crippen LogP contribution >= 0.6 is 0 Å². The summed E-state index contributed by atoms with van der Waals surface area (Å²) in [7, 11) is 0. The highest BCUT2D eigenvalue weighted by molar-refractivity contribution is 5.05. The highest BCUT2D eigenvalue weighted by Gasteiger charge is 2.57. The Labute approximate surface area is 60.2 Å². The molecule has 0 radical (unpaired) electrons. The fraction of sp³-hybridized carbons (Fsp3) is 1.00. The maximum absolute atomic E-state index is 9.63. The minimum absolute atomic E-state index is 0.0162. The highest BCUT2D eigenvalue weighted by Crippen LogP contribution is 2.53. The van der Waals surface area contributed by atoms with E-state index < -0.39 is 0 Å². The number of hydrogen-bond acceptors (Lipinski definition) is 2. The lowest BCUT2D eigenvalue weighted by molar-refractivity contribution is 0.0823. The molecule has 2 nitrogen and oxygen atoms in total. The summed E-state index contributed by atoms with van der Waals surface area (Å²) in [5.74, 6) is 1.81. The molecular formula is C8H12O2. The third-order valence-corrected chi connectivity index (χ3v) is 3.52. The minimum Gasteiger partial charge on any atom is -0.392 e. The van der Waals surface area contributed by atoms with Crippen LogP contribution in [0, 0.1) is 17.8 Å². The number of aliphatic hydroxyl groups excluding tert-OH is 1. The van der Waals surface area contributed by atoms with E-state index >= 15 is 0 Å². The quantitative estimate of drug-likeness (QED) is 0.528. The SMILES string of the molecule is O[C@H]1[C@@H]2C[C@H]3CO[C@@H](C2)[C@H]31. The average Bonchev–Trinajstić information content (AvgIpc) is 2.44. The van der Waals surface area contributed by atoms with Crippen LogP contribution in [0.15, 0.2) is 0 Å². The fourth-order valence-corrected chi connectivity index (χ4v) is 3.10. The Hall–Kier alpha value is -0.0800. The molecule has 0 unspecified atom stereocenters. The monoisotopic (exact) mass is 140 g/mol. The molecule has 3 rings (SSSR count). The zero-order chi connectivity index (χ0) is 6.72. The molecule has 3 aliphatic rings. The molecule has 1 N–H and O–H groups in total. The van der Waals surface area contributed by atoms with E-state index in [0.717, 1.165) is 13.0 Å². The third-order valence-electron chi connectivity index (χ3n) is 3.52. The zero-order valence-corrected chi connectivity index (χ0v) is 5.86. The summed E-state index contributed by atoms with van der Waals surface area (Å²) in [5, 5.41) is 9.63. The lowest BCUT2D eigenvalue weighted by Crippen LogP contribution is -2.19. The predicted octanol–water partition coefficient (Wildman–Crippen LogP) is 0.402. The number of hydrogen-bond donors (Lipinski definition) is 1. The molecule has 1 aliphatic heterocycles. The Kier molecular flexibility index (Phi) is 0.868. The van der Waals surface area contributed by atoms with Crippen molar-refractivity contribution in [2.24, 2.45) is 17.8 Å². The molecule has 3 fully saturated rings. The van der Waals surface area contributed by atoms with Crippen molar-refractivity contribution in [2.45, 2.75) is 25.0 Å². The molecule has 0 aromatic rings. The van der Waals surface area contributed by atoms with Crippen LogP contribution in [-0.4, -0.2) is 23.9 Å². The summed E-state index contributed by atoms with van der Waals surface area (Å²) in [6.07, 6.45) is 2.77. The van der Waals surface area contributed by atoms with Gasteiger partial charge in [-0.3, -0.25) is 0 Å². The van der Waals surface area contributed by atoms with Crippen molar-refractivity contribution in [3.05, 3.63) is 0 Å². The second kappa shape index (κ2) is 1.56. The van der Waals surface area contributed by atoms with Crippen LogP contribution in [0.2, 0.25) is 0 Å². The summed E-state index contributed by atoms with van der Waals surface area (Å²) < 4.78 is 5.54. The first-order chi connectivity index (χ1) is 4.86. The summed E-state index contributed by atoms with van der Waals surface area (Å²) >= 11 is 0. The van der Waals surface area contributed by atoms with E-state index in [1.54, 1.807) is 0 Å². The largest absolute Gasteiger partial charge is 0.392 e. The first kappa shape index (κ1) is 5.56. The van der Waals surface area contributed by atoms with Crippen LogP contribution in [0.4, 0.5) is 0 Å². The van der Waals surface area contributed by atoms with Gasteiger partial charge in [0.1, 0.15) is 0 Å². The molecule has 2 aliphatic carbocycles. The molecule has 2 bridgehead atoms. The van der Waals surface area contributed by atoms with Crippen molar-refractivity contribution in [2.75, 3.05) is 6.61 Å². The molecule has 0 aromatic heterocycles. The van der Waals surface area contributed by atoms with E-state index in [9.17, 15) is 5.11 Å². The maximum atomic E-state index is 9.63. The van der Waals surface area contributed by atoms with Crippen molar-refractivity contribution >= 4 is 0 Å². The van der Waals surface area contributed by atoms with Gasteiger partial charge in [0, 0.05) is 5.92 Å². The topological polar surface area (TPSA) is 29.5 Å². The first-order valence-electron chi connectivity index (χ1n) is 4.16. The van der Waals surface area contributed by atoms with Crippen LogP contribution in [0.25, 0.3) is 0 Å². The van der Waals surface area contributed by atoms with Crippen molar-refractivity contribution in [1.29, 1.82) is 0 Å². The van der Waals surface area contributed by atoms with Gasteiger partial charge in [-0.15, -0.1) is 0 Å². The lowest BCUT2D eigenvalue weighted by Gasteiger charge is -2.13. The summed E-state index contributed by atoms with van der Waals surface area (Å²) in [4.78, 5) is 0. The van der Waals surface area contributed by atoms with Gasteiger partial charge >= 0.3 is 0 Å². The molecule has 2 saturated carbocycles. The summed E-state index contributed by atoms with van der Waals surface area (Å²) in [6, 6.07) is 0. The Morgan fingerprint density at radius 1 is 1.20 bits per heavy atom. The van der Waals surface area contributed by atoms with Gasteiger partial charge in [-0.1, -0.05) is 0 Å². The van der Waals surface area contributed by atoms with Gasteiger partial charge in [0.25, 0.3) is 0 Å². The smallest absolute Gasteiger partial charge is 0.0635 e. The average molecular weight is 140 g/mol. The Bertz CT molecular complexity index is 152. The van der Waals surface area contributed by atoms with E-state index in [4.69, 9.17) is 4.74 Å². The zero-order valence-electron chi connectivity index (χ0n) is 5.86. The highest BCUT2D eigenvalue weighted by atomic mass is 16.5. The van der Waals surface area contributed by atoms with Crippen LogP contribution in [0.1, 0.15) is 12.8 Å². The van der Waals surface area contributed by atoms with E-state index in [2.05, 4.69) is 0 Å². The van der Waals surface area contributed by atoms with Crippen LogP contribution in [-0.2, 0) is 4.74 Å². The van der Waals surface area contributed by atoms with Crippen LogP contribution < -0.4 is 0 Å². The lowest BCUT2D eigenvalue weighted by atomic mass is 9.90. The minimum atomic E-state index is -0.0162. The molecule has 0 spiro atoms. The first-order valence-corrected chi connectivity index (χ1v) is 4.16. The van der Waals surface area contributed by atoms with Gasteiger partial charge in [0.15, 0.2) is 0 Å². The molecule has 1 heterocycles. The van der Waals surface area contributed by atoms with Crippen molar-refractivity contribution in [3.8, 4) is 0 Å². The third kappa shape index (κ3) is 0.453. The number of rotatable bonds is 0. The van der Waals surface area contributed by atoms with Gasteiger partial charge < -0.3 is 9.84 Å². The van der Waals surface area contributed by atoms with Crippen molar-refractivity contribution in [3.63, 3.8) is 0 Å². The number of ether oxygens (including phenoxy) is 1. The Morgan fingerprint density at radius 3 is 2.70 bits per heavy atom. The molecule has 2 heteroatoms.